The van der Waals surface area contributed by atoms with Crippen LogP contribution in [0.15, 0.2) is 58.2 Å². The first kappa shape index (κ1) is 14.5. The van der Waals surface area contributed by atoms with E-state index in [4.69, 9.17) is 4.42 Å². The summed E-state index contributed by atoms with van der Waals surface area (Å²) >= 11 is 0. The third-order valence-electron chi connectivity index (χ3n) is 4.16. The summed E-state index contributed by atoms with van der Waals surface area (Å²) in [5, 5.41) is 1.01. The molecule has 3 heterocycles. The molecule has 0 bridgehead atoms. The van der Waals surface area contributed by atoms with Gasteiger partial charge in [-0.2, -0.15) is 0 Å². The van der Waals surface area contributed by atoms with E-state index < -0.39 is 0 Å². The molecule has 0 radical (unpaired) electrons. The SMILES string of the molecule is Cc1cc(C)c2[nH]c(=O)c(-c3nccn3Cc3ccco3)cc2c1. The van der Waals surface area contributed by atoms with Crippen molar-refractivity contribution in [3.05, 3.63) is 76.2 Å². The van der Waals surface area contributed by atoms with Gasteiger partial charge in [-0.1, -0.05) is 11.6 Å². The largest absolute Gasteiger partial charge is 0.467 e. The highest BCUT2D eigenvalue weighted by Gasteiger charge is 2.13. The second kappa shape index (κ2) is 5.53. The van der Waals surface area contributed by atoms with Gasteiger partial charge in [0.1, 0.15) is 11.6 Å². The van der Waals surface area contributed by atoms with Gasteiger partial charge < -0.3 is 14.0 Å². The molecule has 0 fully saturated rings. The molecular weight excluding hydrogens is 302 g/mol. The minimum absolute atomic E-state index is 0.138. The van der Waals surface area contributed by atoms with Crippen LogP contribution in [0.2, 0.25) is 0 Å². The number of aromatic nitrogens is 3. The van der Waals surface area contributed by atoms with Gasteiger partial charge in [-0.3, -0.25) is 4.79 Å². The first-order valence-corrected chi connectivity index (χ1v) is 7.80. The molecule has 1 aromatic carbocycles. The molecule has 0 aliphatic carbocycles. The van der Waals surface area contributed by atoms with E-state index in [0.717, 1.165) is 27.8 Å². The number of hydrogen-bond acceptors (Lipinski definition) is 3. The molecule has 120 valence electrons. The van der Waals surface area contributed by atoms with Crippen molar-refractivity contribution in [2.45, 2.75) is 20.4 Å². The normalized spacial score (nSPS) is 11.2. The molecule has 0 aliphatic rings. The molecule has 0 aliphatic heterocycles. The molecule has 4 aromatic rings. The fraction of sp³-hybridized carbons (Fsp3) is 0.158. The zero-order chi connectivity index (χ0) is 16.7. The number of hydrogen-bond donors (Lipinski definition) is 1. The molecule has 5 nitrogen and oxygen atoms in total. The highest BCUT2D eigenvalue weighted by atomic mass is 16.3. The number of fused-ring (bicyclic) bond motifs is 1. The topological polar surface area (TPSA) is 63.8 Å². The first-order chi connectivity index (χ1) is 11.6. The van der Waals surface area contributed by atoms with Crippen LogP contribution in [0.3, 0.4) is 0 Å². The molecule has 4 rings (SSSR count). The number of aryl methyl sites for hydroxylation is 2. The van der Waals surface area contributed by atoms with Crippen molar-refractivity contribution in [2.24, 2.45) is 0 Å². The van der Waals surface area contributed by atoms with Crippen LogP contribution in [0.5, 0.6) is 0 Å². The zero-order valence-corrected chi connectivity index (χ0v) is 13.5. The highest BCUT2D eigenvalue weighted by Crippen LogP contribution is 2.22. The number of furan rings is 1. The van der Waals surface area contributed by atoms with E-state index in [9.17, 15) is 4.79 Å². The molecule has 24 heavy (non-hydrogen) atoms. The second-order valence-corrected chi connectivity index (χ2v) is 6.02. The van der Waals surface area contributed by atoms with Gasteiger partial charge >= 0.3 is 0 Å². The Morgan fingerprint density at radius 2 is 2.12 bits per heavy atom. The fourth-order valence-corrected chi connectivity index (χ4v) is 3.10. The molecule has 0 saturated carbocycles. The first-order valence-electron chi connectivity index (χ1n) is 7.80. The Labute approximate surface area is 138 Å². The van der Waals surface area contributed by atoms with Crippen molar-refractivity contribution >= 4 is 10.9 Å². The maximum absolute atomic E-state index is 12.6. The van der Waals surface area contributed by atoms with E-state index >= 15 is 0 Å². The molecule has 0 amide bonds. The molecular formula is C19H17N3O2. The van der Waals surface area contributed by atoms with Crippen LogP contribution < -0.4 is 5.56 Å². The molecule has 5 heteroatoms. The van der Waals surface area contributed by atoms with Gasteiger partial charge in [-0.15, -0.1) is 0 Å². The zero-order valence-electron chi connectivity index (χ0n) is 13.5. The minimum atomic E-state index is -0.138. The van der Waals surface area contributed by atoms with Crippen LogP contribution >= 0.6 is 0 Å². The van der Waals surface area contributed by atoms with Gasteiger partial charge in [-0.05, 0) is 49.1 Å². The quantitative estimate of drug-likeness (QED) is 0.627. The summed E-state index contributed by atoms with van der Waals surface area (Å²) in [5.41, 5.74) is 3.52. The fourth-order valence-electron chi connectivity index (χ4n) is 3.10. The van der Waals surface area contributed by atoms with Crippen molar-refractivity contribution in [1.82, 2.24) is 14.5 Å². The Bertz CT molecular complexity index is 1070. The van der Waals surface area contributed by atoms with Crippen LogP contribution in [0, 0.1) is 13.8 Å². The van der Waals surface area contributed by atoms with E-state index in [0.29, 0.717) is 17.9 Å². The Morgan fingerprint density at radius 3 is 2.92 bits per heavy atom. The second-order valence-electron chi connectivity index (χ2n) is 6.02. The van der Waals surface area contributed by atoms with Crippen LogP contribution in [0.4, 0.5) is 0 Å². The lowest BCUT2D eigenvalue weighted by Crippen LogP contribution is -2.13. The van der Waals surface area contributed by atoms with Gasteiger partial charge in [0.05, 0.1) is 23.9 Å². The number of nitrogens with zero attached hydrogens (tertiary/aromatic N) is 2. The monoisotopic (exact) mass is 319 g/mol. The lowest BCUT2D eigenvalue weighted by molar-refractivity contribution is 0.494. The summed E-state index contributed by atoms with van der Waals surface area (Å²) in [6.45, 7) is 4.59. The molecule has 1 N–H and O–H groups in total. The third kappa shape index (κ3) is 2.44. The van der Waals surface area contributed by atoms with Gasteiger partial charge in [0.25, 0.3) is 5.56 Å². The molecule has 0 saturated heterocycles. The van der Waals surface area contributed by atoms with Crippen molar-refractivity contribution in [3.8, 4) is 11.4 Å². The van der Waals surface area contributed by atoms with Crippen LogP contribution in [-0.4, -0.2) is 14.5 Å². The highest BCUT2D eigenvalue weighted by molar-refractivity contribution is 5.85. The number of imidazole rings is 1. The summed E-state index contributed by atoms with van der Waals surface area (Å²) in [6.07, 6.45) is 5.19. The van der Waals surface area contributed by atoms with Gasteiger partial charge in [0, 0.05) is 12.4 Å². The minimum Gasteiger partial charge on any atom is -0.467 e. The number of aromatic amines is 1. The lowest BCUT2D eigenvalue weighted by atomic mass is 10.1. The number of rotatable bonds is 3. The van der Waals surface area contributed by atoms with Crippen LogP contribution in [0.1, 0.15) is 16.9 Å². The standard InChI is InChI=1S/C19H17N3O2/c1-12-8-13(2)17-14(9-12)10-16(19(23)21-17)18-20-5-6-22(18)11-15-4-3-7-24-15/h3-10H,11H2,1-2H3,(H,21,23). The Kier molecular flexibility index (Phi) is 3.34. The summed E-state index contributed by atoms with van der Waals surface area (Å²) in [6, 6.07) is 9.80. The van der Waals surface area contributed by atoms with Crippen molar-refractivity contribution < 1.29 is 4.42 Å². The lowest BCUT2D eigenvalue weighted by Gasteiger charge is -2.09. The third-order valence-corrected chi connectivity index (χ3v) is 4.16. The van der Waals surface area contributed by atoms with Crippen molar-refractivity contribution in [1.29, 1.82) is 0 Å². The number of benzene rings is 1. The van der Waals surface area contributed by atoms with E-state index in [-0.39, 0.29) is 5.56 Å². The Hall–Kier alpha value is -3.08. The summed E-state index contributed by atoms with van der Waals surface area (Å²) in [4.78, 5) is 20.0. The Morgan fingerprint density at radius 1 is 1.25 bits per heavy atom. The average Bonchev–Trinajstić information content (AvgIpc) is 3.20. The van der Waals surface area contributed by atoms with Crippen LogP contribution in [0.25, 0.3) is 22.3 Å². The van der Waals surface area contributed by atoms with Crippen LogP contribution in [-0.2, 0) is 6.54 Å². The molecule has 0 unspecified atom stereocenters. The molecule has 3 aromatic heterocycles. The van der Waals surface area contributed by atoms with Gasteiger partial charge in [0.15, 0.2) is 0 Å². The summed E-state index contributed by atoms with van der Waals surface area (Å²) in [7, 11) is 0. The molecule has 0 spiro atoms. The van der Waals surface area contributed by atoms with E-state index in [2.05, 4.69) is 29.0 Å². The maximum atomic E-state index is 12.6. The number of nitrogens with one attached hydrogen (secondary N) is 1. The molecule has 0 atom stereocenters. The van der Waals surface area contributed by atoms with E-state index in [1.165, 1.54) is 0 Å². The van der Waals surface area contributed by atoms with Crippen molar-refractivity contribution in [3.63, 3.8) is 0 Å². The van der Waals surface area contributed by atoms with E-state index in [1.54, 1.807) is 12.5 Å². The summed E-state index contributed by atoms with van der Waals surface area (Å²) in [5.74, 6) is 1.45. The van der Waals surface area contributed by atoms with Gasteiger partial charge in [-0.25, -0.2) is 4.98 Å². The number of pyridine rings is 1. The smallest absolute Gasteiger partial charge is 0.259 e. The van der Waals surface area contributed by atoms with E-state index in [1.807, 2.05) is 35.9 Å². The van der Waals surface area contributed by atoms with Crippen molar-refractivity contribution in [2.75, 3.05) is 0 Å². The number of H-pyrrole nitrogens is 1. The van der Waals surface area contributed by atoms with Gasteiger partial charge in [0.2, 0.25) is 0 Å². The predicted octanol–water partition coefficient (Wildman–Crippen LogP) is 3.65. The summed E-state index contributed by atoms with van der Waals surface area (Å²) < 4.78 is 7.31. The average molecular weight is 319 g/mol. The predicted molar refractivity (Wildman–Crippen MR) is 93.1 cm³/mol. The Balaban J connectivity index is 1.87. The maximum Gasteiger partial charge on any atom is 0.259 e.